The highest BCUT2D eigenvalue weighted by Gasteiger charge is 2.61. The van der Waals surface area contributed by atoms with Gasteiger partial charge >= 0.3 is 0 Å². The number of imide groups is 1. The molecule has 2 saturated heterocycles. The number of ether oxygens (including phenoxy) is 3. The summed E-state index contributed by atoms with van der Waals surface area (Å²) in [7, 11) is 3.11. The summed E-state index contributed by atoms with van der Waals surface area (Å²) in [5.41, 5.74) is 1.81. The molecule has 0 saturated carbocycles. The molecule has 0 N–H and O–H groups in total. The molecule has 5 rings (SSSR count). The SMILES string of the molecule is CCOc1ccccc1N1C(=O)[C@@H]2[C@@H](ON(c3ccccc3)[C@H]2c2cccc(OC)c2OC)C1=O. The molecule has 35 heavy (non-hydrogen) atoms. The van der Waals surface area contributed by atoms with Crippen molar-refractivity contribution in [2.45, 2.75) is 19.1 Å². The van der Waals surface area contributed by atoms with Gasteiger partial charge in [-0.2, -0.15) is 0 Å². The smallest absolute Gasteiger partial charge is 0.266 e. The van der Waals surface area contributed by atoms with Crippen LogP contribution in [0.4, 0.5) is 11.4 Å². The number of hydrogen-bond donors (Lipinski definition) is 0. The molecular formula is C27H26N2O6. The van der Waals surface area contributed by atoms with Crippen LogP contribution < -0.4 is 24.2 Å². The maximum Gasteiger partial charge on any atom is 0.266 e. The maximum atomic E-state index is 13.9. The summed E-state index contributed by atoms with van der Waals surface area (Å²) in [4.78, 5) is 35.0. The van der Waals surface area contributed by atoms with Crippen LogP contribution in [0.2, 0.25) is 0 Å². The number of methoxy groups -OCH3 is 2. The summed E-state index contributed by atoms with van der Waals surface area (Å²) >= 11 is 0. The van der Waals surface area contributed by atoms with Crippen LogP contribution in [0, 0.1) is 5.92 Å². The second-order valence-electron chi connectivity index (χ2n) is 8.15. The first-order valence-corrected chi connectivity index (χ1v) is 11.4. The van der Waals surface area contributed by atoms with Crippen molar-refractivity contribution < 1.29 is 28.6 Å². The second-order valence-corrected chi connectivity index (χ2v) is 8.15. The zero-order valence-electron chi connectivity index (χ0n) is 19.7. The highest BCUT2D eigenvalue weighted by molar-refractivity contribution is 6.24. The summed E-state index contributed by atoms with van der Waals surface area (Å²) in [5, 5.41) is 1.63. The third-order valence-corrected chi connectivity index (χ3v) is 6.28. The number of fused-ring (bicyclic) bond motifs is 1. The lowest BCUT2D eigenvalue weighted by Gasteiger charge is -2.30. The Morgan fingerprint density at radius 2 is 1.54 bits per heavy atom. The Hall–Kier alpha value is -4.04. The summed E-state index contributed by atoms with van der Waals surface area (Å²) in [6.45, 7) is 2.26. The molecule has 0 spiro atoms. The van der Waals surface area contributed by atoms with Crippen LogP contribution in [0.3, 0.4) is 0 Å². The number of anilines is 2. The van der Waals surface area contributed by atoms with Gasteiger partial charge in [0.05, 0.1) is 32.2 Å². The van der Waals surface area contributed by atoms with Gasteiger partial charge < -0.3 is 14.2 Å². The first-order valence-electron chi connectivity index (χ1n) is 11.4. The van der Waals surface area contributed by atoms with E-state index in [1.807, 2.05) is 49.4 Å². The van der Waals surface area contributed by atoms with Crippen molar-refractivity contribution in [3.05, 3.63) is 78.4 Å². The van der Waals surface area contributed by atoms with Crippen LogP contribution in [0.25, 0.3) is 0 Å². The molecule has 3 aromatic carbocycles. The average Bonchev–Trinajstić information content (AvgIpc) is 3.40. The molecule has 0 bridgehead atoms. The van der Waals surface area contributed by atoms with E-state index in [-0.39, 0.29) is 5.91 Å². The summed E-state index contributed by atoms with van der Waals surface area (Å²) in [5.74, 6) is -0.126. The van der Waals surface area contributed by atoms with Crippen LogP contribution in [0.15, 0.2) is 72.8 Å². The largest absolute Gasteiger partial charge is 0.493 e. The summed E-state index contributed by atoms with van der Waals surface area (Å²) in [6, 6.07) is 21.3. The first kappa shape index (κ1) is 22.7. The van der Waals surface area contributed by atoms with Crippen molar-refractivity contribution in [1.82, 2.24) is 0 Å². The Labute approximate surface area is 203 Å². The average molecular weight is 475 g/mol. The van der Waals surface area contributed by atoms with Gasteiger partial charge in [-0.25, -0.2) is 9.96 Å². The van der Waals surface area contributed by atoms with Gasteiger partial charge in [0.1, 0.15) is 17.7 Å². The van der Waals surface area contributed by atoms with E-state index in [9.17, 15) is 9.59 Å². The van der Waals surface area contributed by atoms with Crippen molar-refractivity contribution >= 4 is 23.2 Å². The van der Waals surface area contributed by atoms with Gasteiger partial charge in [-0.05, 0) is 37.3 Å². The van der Waals surface area contributed by atoms with Crippen LogP contribution in [0.5, 0.6) is 17.2 Å². The zero-order chi connectivity index (χ0) is 24.5. The second kappa shape index (κ2) is 9.31. The van der Waals surface area contributed by atoms with Gasteiger partial charge in [0.2, 0.25) is 5.91 Å². The normalized spacial score (nSPS) is 21.3. The van der Waals surface area contributed by atoms with Gasteiger partial charge in [-0.15, -0.1) is 0 Å². The highest BCUT2D eigenvalue weighted by atomic mass is 16.7. The predicted octanol–water partition coefficient (Wildman–Crippen LogP) is 4.15. The van der Waals surface area contributed by atoms with E-state index in [1.165, 1.54) is 4.90 Å². The predicted molar refractivity (Wildman–Crippen MR) is 130 cm³/mol. The first-order chi connectivity index (χ1) is 17.1. The minimum absolute atomic E-state index is 0.361. The van der Waals surface area contributed by atoms with Crippen LogP contribution in [-0.2, 0) is 14.4 Å². The van der Waals surface area contributed by atoms with Gasteiger partial charge in [0, 0.05) is 5.56 Å². The Morgan fingerprint density at radius 3 is 2.26 bits per heavy atom. The number of carbonyl (C=O) groups is 2. The van der Waals surface area contributed by atoms with E-state index in [4.69, 9.17) is 19.0 Å². The molecule has 8 heteroatoms. The van der Waals surface area contributed by atoms with E-state index in [1.54, 1.807) is 49.6 Å². The van der Waals surface area contributed by atoms with E-state index in [0.29, 0.717) is 35.1 Å². The lowest BCUT2D eigenvalue weighted by molar-refractivity contribution is -0.126. The zero-order valence-corrected chi connectivity index (χ0v) is 19.7. The Morgan fingerprint density at radius 1 is 0.829 bits per heavy atom. The molecule has 2 aliphatic heterocycles. The van der Waals surface area contributed by atoms with Gasteiger partial charge in [0.25, 0.3) is 5.91 Å². The fourth-order valence-corrected chi connectivity index (χ4v) is 4.83. The third kappa shape index (κ3) is 3.66. The van der Waals surface area contributed by atoms with E-state index in [0.717, 1.165) is 5.69 Å². The quantitative estimate of drug-likeness (QED) is 0.476. The number of amides is 2. The number of nitrogens with zero attached hydrogens (tertiary/aromatic N) is 2. The minimum Gasteiger partial charge on any atom is -0.493 e. The molecule has 3 atom stereocenters. The topological polar surface area (TPSA) is 77.5 Å². The van der Waals surface area contributed by atoms with Crippen molar-refractivity contribution in [1.29, 1.82) is 0 Å². The fraction of sp³-hybridized carbons (Fsp3) is 0.259. The summed E-state index contributed by atoms with van der Waals surface area (Å²) in [6.07, 6.45) is -1.00. The fourth-order valence-electron chi connectivity index (χ4n) is 4.83. The molecule has 0 radical (unpaired) electrons. The molecule has 0 aromatic heterocycles. The number of carbonyl (C=O) groups excluding carboxylic acids is 2. The van der Waals surface area contributed by atoms with Crippen molar-refractivity contribution in [2.75, 3.05) is 30.8 Å². The minimum atomic E-state index is -1.00. The van der Waals surface area contributed by atoms with Gasteiger partial charge in [-0.3, -0.25) is 14.4 Å². The molecule has 3 aromatic rings. The molecule has 0 unspecified atom stereocenters. The van der Waals surface area contributed by atoms with Crippen molar-refractivity contribution in [3.63, 3.8) is 0 Å². The van der Waals surface area contributed by atoms with Crippen molar-refractivity contribution in [3.8, 4) is 17.2 Å². The van der Waals surface area contributed by atoms with Crippen LogP contribution >= 0.6 is 0 Å². The standard InChI is InChI=1S/C27H26N2O6/c1-4-34-20-15-9-8-14-19(20)28-26(30)22-23(18-13-10-16-21(32-2)24(18)33-3)29(35-25(22)27(28)31)17-11-6-5-7-12-17/h5-16,22-23,25H,4H2,1-3H3/t22-,23-,25+/m0/s1. The Balaban J connectivity index is 1.64. The van der Waals surface area contributed by atoms with E-state index < -0.39 is 24.0 Å². The molecule has 2 amide bonds. The van der Waals surface area contributed by atoms with Gasteiger partial charge in [-0.1, -0.05) is 42.5 Å². The van der Waals surface area contributed by atoms with Crippen LogP contribution in [-0.4, -0.2) is 38.7 Å². The van der Waals surface area contributed by atoms with Gasteiger partial charge in [0.15, 0.2) is 17.6 Å². The molecule has 180 valence electrons. The maximum absolute atomic E-state index is 13.9. The molecule has 8 nitrogen and oxygen atoms in total. The number of para-hydroxylation sites is 4. The van der Waals surface area contributed by atoms with Crippen molar-refractivity contribution in [2.24, 2.45) is 5.92 Å². The van der Waals surface area contributed by atoms with E-state index >= 15 is 0 Å². The third-order valence-electron chi connectivity index (χ3n) is 6.28. The lowest BCUT2D eigenvalue weighted by Crippen LogP contribution is -2.37. The molecule has 2 aliphatic rings. The summed E-state index contributed by atoms with van der Waals surface area (Å²) < 4.78 is 16.9. The molecule has 0 aliphatic carbocycles. The molecule has 2 fully saturated rings. The Bertz CT molecular complexity index is 1250. The van der Waals surface area contributed by atoms with Crippen LogP contribution in [0.1, 0.15) is 18.5 Å². The number of hydroxylamine groups is 1. The molecule has 2 heterocycles. The number of benzene rings is 3. The Kier molecular flexibility index (Phi) is 6.05. The highest BCUT2D eigenvalue weighted by Crippen LogP contribution is 2.51. The van der Waals surface area contributed by atoms with E-state index in [2.05, 4.69) is 0 Å². The monoisotopic (exact) mass is 474 g/mol. The molecular weight excluding hydrogens is 448 g/mol. The number of hydrogen-bond acceptors (Lipinski definition) is 7. The lowest BCUT2D eigenvalue weighted by atomic mass is 9.89. The number of rotatable bonds is 7.